The van der Waals surface area contributed by atoms with Crippen LogP contribution in [0.4, 0.5) is 0 Å². The first-order chi connectivity index (χ1) is 14.5. The summed E-state index contributed by atoms with van der Waals surface area (Å²) in [5.74, 6) is -0.735. The molecule has 2 amide bonds. The molecule has 1 aliphatic rings. The van der Waals surface area contributed by atoms with Crippen LogP contribution in [0.2, 0.25) is 0 Å². The number of piperazine rings is 1. The van der Waals surface area contributed by atoms with Gasteiger partial charge in [0.25, 0.3) is 5.91 Å². The largest absolute Gasteiger partial charge is 0.356 e. The molecule has 1 atom stereocenters. The Bertz CT molecular complexity index is 881. The number of carbonyl (C=O) groups excluding carboxylic acids is 2. The van der Waals surface area contributed by atoms with Gasteiger partial charge in [-0.1, -0.05) is 80.6 Å². The van der Waals surface area contributed by atoms with Gasteiger partial charge in [0.2, 0.25) is 0 Å². The zero-order valence-corrected chi connectivity index (χ0v) is 17.7. The maximum absolute atomic E-state index is 13.3. The monoisotopic (exact) mass is 408 g/mol. The van der Waals surface area contributed by atoms with Crippen molar-refractivity contribution in [2.45, 2.75) is 32.9 Å². The Balaban J connectivity index is 2.03. The second kappa shape index (κ2) is 10.2. The van der Waals surface area contributed by atoms with Gasteiger partial charge < -0.3 is 9.64 Å². The number of amides is 2. The Morgan fingerprint density at radius 3 is 2.13 bits per heavy atom. The number of ether oxygens (including phenoxy) is 1. The van der Waals surface area contributed by atoms with E-state index in [0.29, 0.717) is 18.7 Å². The van der Waals surface area contributed by atoms with Crippen LogP contribution in [0.5, 0.6) is 0 Å². The lowest BCUT2D eigenvalue weighted by Crippen LogP contribution is -2.58. The minimum Gasteiger partial charge on any atom is -0.356 e. The highest BCUT2D eigenvalue weighted by molar-refractivity contribution is 6.07. The van der Waals surface area contributed by atoms with Crippen LogP contribution in [0.15, 0.2) is 72.4 Å². The van der Waals surface area contributed by atoms with Gasteiger partial charge in [-0.05, 0) is 17.0 Å². The first-order valence-corrected chi connectivity index (χ1v) is 10.1. The van der Waals surface area contributed by atoms with E-state index in [-0.39, 0.29) is 12.7 Å². The van der Waals surface area contributed by atoms with Crippen molar-refractivity contribution < 1.29 is 19.2 Å². The van der Waals surface area contributed by atoms with Crippen molar-refractivity contribution >= 4 is 11.8 Å². The third-order valence-corrected chi connectivity index (χ3v) is 4.83. The predicted octanol–water partition coefficient (Wildman–Crippen LogP) is 3.54. The Kier molecular flexibility index (Phi) is 7.38. The third kappa shape index (κ3) is 5.14. The first kappa shape index (κ1) is 21.7. The van der Waals surface area contributed by atoms with Crippen LogP contribution in [-0.2, 0) is 32.1 Å². The summed E-state index contributed by atoms with van der Waals surface area (Å²) in [6, 6.07) is 19.1. The molecule has 2 aromatic rings. The van der Waals surface area contributed by atoms with Crippen molar-refractivity contribution in [2.75, 3.05) is 13.9 Å². The molecule has 3 rings (SSSR count). The van der Waals surface area contributed by atoms with E-state index in [0.717, 1.165) is 16.2 Å². The molecule has 1 heterocycles. The lowest BCUT2D eigenvalue weighted by molar-refractivity contribution is -0.226. The minimum absolute atomic E-state index is 0.122. The number of hydrogen-bond donors (Lipinski definition) is 0. The van der Waals surface area contributed by atoms with Crippen molar-refractivity contribution in [3.05, 3.63) is 83.6 Å². The quantitative estimate of drug-likeness (QED) is 0.380. The highest BCUT2D eigenvalue weighted by atomic mass is 16.8. The van der Waals surface area contributed by atoms with Gasteiger partial charge in [-0.15, -0.1) is 5.06 Å². The fraction of sp³-hybridized carbons (Fsp3) is 0.333. The standard InChI is InChI=1S/C24H28N2O4/c1-18(2)14-21-23(27)26(30-17-29-3)24(28)22(15-19-10-6-4-7-11-19)25(21)16-20-12-8-5-9-13-20/h4-14,18,22H,15-17H2,1-3H3/b21-14-/t22-/m0/s1. The lowest BCUT2D eigenvalue weighted by Gasteiger charge is -2.41. The van der Waals surface area contributed by atoms with Gasteiger partial charge in [0.05, 0.1) is 0 Å². The second-order valence-electron chi connectivity index (χ2n) is 7.59. The summed E-state index contributed by atoms with van der Waals surface area (Å²) in [4.78, 5) is 33.8. The van der Waals surface area contributed by atoms with E-state index < -0.39 is 17.9 Å². The normalized spacial score (nSPS) is 18.5. The summed E-state index contributed by atoms with van der Waals surface area (Å²) in [6.07, 6.45) is 2.35. The molecule has 0 N–H and O–H groups in total. The molecule has 30 heavy (non-hydrogen) atoms. The van der Waals surface area contributed by atoms with Crippen LogP contribution in [0.3, 0.4) is 0 Å². The summed E-state index contributed by atoms with van der Waals surface area (Å²) in [6.45, 7) is 4.28. The number of hydroxylamine groups is 2. The third-order valence-electron chi connectivity index (χ3n) is 4.83. The zero-order chi connectivity index (χ0) is 21.5. The summed E-state index contributed by atoms with van der Waals surface area (Å²) in [7, 11) is 1.45. The van der Waals surface area contributed by atoms with Crippen molar-refractivity contribution in [1.82, 2.24) is 9.96 Å². The van der Waals surface area contributed by atoms with Crippen LogP contribution in [0, 0.1) is 5.92 Å². The van der Waals surface area contributed by atoms with Crippen LogP contribution in [0.25, 0.3) is 0 Å². The van der Waals surface area contributed by atoms with Crippen LogP contribution in [0.1, 0.15) is 25.0 Å². The van der Waals surface area contributed by atoms with Gasteiger partial charge in [0.15, 0.2) is 6.79 Å². The van der Waals surface area contributed by atoms with Crippen LogP contribution < -0.4 is 0 Å². The molecule has 6 nitrogen and oxygen atoms in total. The van der Waals surface area contributed by atoms with E-state index >= 15 is 0 Å². The van der Waals surface area contributed by atoms with E-state index in [1.807, 2.05) is 85.5 Å². The molecular formula is C24H28N2O4. The molecule has 0 saturated carbocycles. The summed E-state index contributed by atoms with van der Waals surface area (Å²) < 4.78 is 4.93. The first-order valence-electron chi connectivity index (χ1n) is 10.1. The molecule has 158 valence electrons. The van der Waals surface area contributed by atoms with Gasteiger partial charge in [-0.3, -0.25) is 9.59 Å². The predicted molar refractivity (Wildman–Crippen MR) is 114 cm³/mol. The number of imide groups is 1. The topological polar surface area (TPSA) is 59.1 Å². The molecule has 0 aliphatic carbocycles. The average molecular weight is 408 g/mol. The fourth-order valence-electron chi connectivity index (χ4n) is 3.48. The molecule has 1 fully saturated rings. The minimum atomic E-state index is -0.577. The van der Waals surface area contributed by atoms with Gasteiger partial charge in [0, 0.05) is 20.1 Å². The molecule has 1 aliphatic heterocycles. The summed E-state index contributed by atoms with van der Waals surface area (Å²) >= 11 is 0. The number of benzene rings is 2. The van der Waals surface area contributed by atoms with Gasteiger partial charge in [-0.2, -0.15) is 0 Å². The SMILES string of the molecule is COCON1C(=O)/C(=C/C(C)C)N(Cc2ccccc2)[C@@H](Cc2ccccc2)C1=O. The van der Waals surface area contributed by atoms with Crippen molar-refractivity contribution in [1.29, 1.82) is 0 Å². The van der Waals surface area contributed by atoms with E-state index in [4.69, 9.17) is 9.57 Å². The van der Waals surface area contributed by atoms with Crippen molar-refractivity contribution in [3.63, 3.8) is 0 Å². The number of carbonyl (C=O) groups is 2. The Labute approximate surface area is 177 Å². The van der Waals surface area contributed by atoms with Crippen molar-refractivity contribution in [2.24, 2.45) is 5.92 Å². The highest BCUT2D eigenvalue weighted by Gasteiger charge is 2.44. The second-order valence-corrected chi connectivity index (χ2v) is 7.59. The Hall–Kier alpha value is -2.96. The smallest absolute Gasteiger partial charge is 0.300 e. The molecule has 0 aromatic heterocycles. The van der Waals surface area contributed by atoms with Crippen molar-refractivity contribution in [3.8, 4) is 0 Å². The molecule has 0 unspecified atom stereocenters. The number of nitrogens with zero attached hydrogens (tertiary/aromatic N) is 2. The molecule has 0 bridgehead atoms. The van der Waals surface area contributed by atoms with Gasteiger partial charge in [-0.25, -0.2) is 4.84 Å². The fourth-order valence-corrected chi connectivity index (χ4v) is 3.48. The average Bonchev–Trinajstić information content (AvgIpc) is 2.75. The number of hydrogen-bond acceptors (Lipinski definition) is 5. The van der Waals surface area contributed by atoms with Gasteiger partial charge in [0.1, 0.15) is 11.7 Å². The summed E-state index contributed by atoms with van der Waals surface area (Å²) in [5.41, 5.74) is 2.50. The van der Waals surface area contributed by atoms with Crippen LogP contribution >= 0.6 is 0 Å². The highest BCUT2D eigenvalue weighted by Crippen LogP contribution is 2.28. The summed E-state index contributed by atoms with van der Waals surface area (Å²) in [5, 5.41) is 0.854. The van der Waals surface area contributed by atoms with E-state index in [1.165, 1.54) is 7.11 Å². The lowest BCUT2D eigenvalue weighted by atomic mass is 9.98. The number of methoxy groups -OCH3 is 1. The zero-order valence-electron chi connectivity index (χ0n) is 17.7. The Morgan fingerprint density at radius 1 is 0.967 bits per heavy atom. The molecule has 0 radical (unpaired) electrons. The number of rotatable bonds is 8. The Morgan fingerprint density at radius 2 is 1.57 bits per heavy atom. The molecule has 1 saturated heterocycles. The number of allylic oxidation sites excluding steroid dienone is 1. The maximum Gasteiger partial charge on any atom is 0.300 e. The molecule has 0 spiro atoms. The van der Waals surface area contributed by atoms with E-state index in [9.17, 15) is 9.59 Å². The molecular weight excluding hydrogens is 380 g/mol. The maximum atomic E-state index is 13.3. The molecule has 6 heteroatoms. The van der Waals surface area contributed by atoms with E-state index in [2.05, 4.69) is 0 Å². The van der Waals surface area contributed by atoms with Crippen LogP contribution in [-0.4, -0.2) is 41.7 Å². The molecule has 2 aromatic carbocycles. The van der Waals surface area contributed by atoms with Gasteiger partial charge >= 0.3 is 5.91 Å². The van der Waals surface area contributed by atoms with E-state index in [1.54, 1.807) is 0 Å².